The zero-order valence-corrected chi connectivity index (χ0v) is 25.3. The normalized spacial score (nSPS) is 22.3. The van der Waals surface area contributed by atoms with Gasteiger partial charge in [-0.05, 0) is 50.6 Å². The Labute approximate surface area is 247 Å². The number of aliphatic hydroxyl groups excluding tert-OH is 1. The topological polar surface area (TPSA) is 160 Å². The Balaban J connectivity index is 1.06. The molecule has 232 valence electrons. The third-order valence-corrected chi connectivity index (χ3v) is 11.3. The number of aromatic nitrogens is 1. The van der Waals surface area contributed by atoms with Crippen molar-refractivity contribution < 1.29 is 36.2 Å². The van der Waals surface area contributed by atoms with Gasteiger partial charge in [0, 0.05) is 51.0 Å². The van der Waals surface area contributed by atoms with Crippen molar-refractivity contribution in [3.63, 3.8) is 0 Å². The smallest absolute Gasteiger partial charge is 0.244 e. The van der Waals surface area contributed by atoms with Crippen LogP contribution in [0.2, 0.25) is 0 Å². The maximum absolute atomic E-state index is 13.3. The lowest BCUT2D eigenvalue weighted by atomic mass is 9.88. The molecule has 3 N–H and O–H groups in total. The summed E-state index contributed by atoms with van der Waals surface area (Å²) in [6.45, 7) is 4.18. The molecule has 3 aliphatic rings. The van der Waals surface area contributed by atoms with Crippen molar-refractivity contribution in [2.45, 2.75) is 46.8 Å². The number of hydrogen-bond acceptors (Lipinski definition) is 11. The molecule has 2 aromatic rings. The SMILES string of the molecule is CNS(=O)(=O)c1cccc(OC[C@@H](O)CNC2COC3(CCN(S(=O)(=O)c4ccc(N5CCOCC5)nc4)CC3)C2)c1. The molecular formula is C27H39N5O8S2. The van der Waals surface area contributed by atoms with E-state index in [0.717, 1.165) is 18.9 Å². The lowest BCUT2D eigenvalue weighted by molar-refractivity contribution is -0.0312. The molecule has 1 aromatic heterocycles. The molecule has 2 atom stereocenters. The van der Waals surface area contributed by atoms with Crippen molar-refractivity contribution in [2.24, 2.45) is 0 Å². The fourth-order valence-electron chi connectivity index (χ4n) is 5.51. The Morgan fingerprint density at radius 2 is 1.86 bits per heavy atom. The van der Waals surface area contributed by atoms with Gasteiger partial charge in [-0.15, -0.1) is 0 Å². The van der Waals surface area contributed by atoms with Crippen LogP contribution in [0, 0.1) is 0 Å². The molecule has 1 spiro atoms. The van der Waals surface area contributed by atoms with Gasteiger partial charge in [-0.25, -0.2) is 26.5 Å². The van der Waals surface area contributed by atoms with E-state index in [4.69, 9.17) is 14.2 Å². The molecule has 4 heterocycles. The van der Waals surface area contributed by atoms with E-state index in [0.29, 0.717) is 57.9 Å². The van der Waals surface area contributed by atoms with Crippen molar-refractivity contribution >= 4 is 25.9 Å². The van der Waals surface area contributed by atoms with Crippen LogP contribution in [0.1, 0.15) is 19.3 Å². The minimum absolute atomic E-state index is 0.0100. The summed E-state index contributed by atoms with van der Waals surface area (Å²) in [6.07, 6.45) is 2.50. The van der Waals surface area contributed by atoms with Crippen LogP contribution >= 0.6 is 0 Å². The first-order valence-electron chi connectivity index (χ1n) is 14.1. The van der Waals surface area contributed by atoms with Gasteiger partial charge in [-0.3, -0.25) is 0 Å². The lowest BCUT2D eigenvalue weighted by Crippen LogP contribution is -2.47. The van der Waals surface area contributed by atoms with Gasteiger partial charge in [0.1, 0.15) is 29.2 Å². The number of aliphatic hydroxyl groups is 1. The quantitative estimate of drug-likeness (QED) is 0.312. The Bertz CT molecular complexity index is 1410. The van der Waals surface area contributed by atoms with Gasteiger partial charge in [0.25, 0.3) is 0 Å². The van der Waals surface area contributed by atoms with Crippen LogP contribution < -0.4 is 19.7 Å². The summed E-state index contributed by atoms with van der Waals surface area (Å²) in [7, 11) is -5.91. The molecule has 1 unspecified atom stereocenters. The van der Waals surface area contributed by atoms with Crippen molar-refractivity contribution in [3.8, 4) is 5.75 Å². The van der Waals surface area contributed by atoms with E-state index in [2.05, 4.69) is 19.9 Å². The molecule has 0 bridgehead atoms. The molecule has 3 saturated heterocycles. The first-order valence-corrected chi connectivity index (χ1v) is 17.0. The summed E-state index contributed by atoms with van der Waals surface area (Å²) >= 11 is 0. The maximum Gasteiger partial charge on any atom is 0.244 e. The van der Waals surface area contributed by atoms with Crippen LogP contribution in [0.3, 0.4) is 0 Å². The van der Waals surface area contributed by atoms with Gasteiger partial charge in [0.2, 0.25) is 20.0 Å². The molecule has 3 fully saturated rings. The number of nitrogens with one attached hydrogen (secondary N) is 2. The van der Waals surface area contributed by atoms with E-state index in [1.54, 1.807) is 24.3 Å². The van der Waals surface area contributed by atoms with Gasteiger partial charge in [0.05, 0.1) is 30.3 Å². The van der Waals surface area contributed by atoms with Gasteiger partial charge in [-0.2, -0.15) is 4.31 Å². The number of hydrogen-bond donors (Lipinski definition) is 3. The fourth-order valence-corrected chi connectivity index (χ4v) is 7.67. The Morgan fingerprint density at radius 1 is 1.10 bits per heavy atom. The molecule has 0 saturated carbocycles. The molecule has 42 heavy (non-hydrogen) atoms. The van der Waals surface area contributed by atoms with Gasteiger partial charge in [0.15, 0.2) is 0 Å². The van der Waals surface area contributed by atoms with Crippen LogP contribution in [0.5, 0.6) is 5.75 Å². The summed E-state index contributed by atoms with van der Waals surface area (Å²) in [4.78, 5) is 6.76. The van der Waals surface area contributed by atoms with Crippen LogP contribution in [-0.4, -0.2) is 115 Å². The molecule has 3 aliphatic heterocycles. The number of ether oxygens (including phenoxy) is 3. The van der Waals surface area contributed by atoms with E-state index >= 15 is 0 Å². The van der Waals surface area contributed by atoms with Gasteiger partial charge >= 0.3 is 0 Å². The third kappa shape index (κ3) is 7.22. The number of nitrogens with zero attached hydrogens (tertiary/aromatic N) is 3. The van der Waals surface area contributed by atoms with E-state index in [9.17, 15) is 21.9 Å². The predicted molar refractivity (Wildman–Crippen MR) is 155 cm³/mol. The number of anilines is 1. The monoisotopic (exact) mass is 625 g/mol. The molecular weight excluding hydrogens is 586 g/mol. The van der Waals surface area contributed by atoms with E-state index in [1.807, 2.05) is 0 Å². The molecule has 15 heteroatoms. The summed E-state index contributed by atoms with van der Waals surface area (Å²) in [5.41, 5.74) is -0.400. The number of morpholine rings is 1. The summed E-state index contributed by atoms with van der Waals surface area (Å²) in [6, 6.07) is 9.48. The van der Waals surface area contributed by atoms with Crippen molar-refractivity contribution in [1.29, 1.82) is 0 Å². The van der Waals surface area contributed by atoms with Gasteiger partial charge < -0.3 is 29.5 Å². The standard InChI is InChI=1S/C27H39N5O8S2/c1-28-41(34,35)24-4-2-3-23(15-24)39-20-22(33)17-29-21-16-27(40-19-21)7-9-32(10-8-27)42(36,37)25-5-6-26(30-18-25)31-11-13-38-14-12-31/h2-6,15,18,21-22,28-29,33H,7-14,16-17,19-20H2,1H3/t21?,22-/m0/s1. The predicted octanol–water partition coefficient (Wildman–Crippen LogP) is 0.168. The van der Waals surface area contributed by atoms with Crippen molar-refractivity contribution in [1.82, 2.24) is 19.3 Å². The zero-order valence-electron chi connectivity index (χ0n) is 23.6. The third-order valence-electron chi connectivity index (χ3n) is 8.01. The van der Waals surface area contributed by atoms with Crippen LogP contribution in [0.4, 0.5) is 5.82 Å². The van der Waals surface area contributed by atoms with Gasteiger partial charge in [-0.1, -0.05) is 6.07 Å². The molecule has 13 nitrogen and oxygen atoms in total. The number of piperidine rings is 1. The first kappa shape index (κ1) is 31.1. The van der Waals surface area contributed by atoms with E-state index in [-0.39, 0.29) is 29.0 Å². The average molecular weight is 626 g/mol. The minimum Gasteiger partial charge on any atom is -0.491 e. The Morgan fingerprint density at radius 3 is 2.55 bits per heavy atom. The Hall–Kier alpha value is -2.37. The van der Waals surface area contributed by atoms with Crippen molar-refractivity contribution in [3.05, 3.63) is 42.6 Å². The van der Waals surface area contributed by atoms with Crippen molar-refractivity contribution in [2.75, 3.05) is 71.1 Å². The summed E-state index contributed by atoms with van der Waals surface area (Å²) < 4.78 is 71.5. The number of sulfonamides is 2. The van der Waals surface area contributed by atoms with Crippen LogP contribution in [-0.2, 0) is 29.5 Å². The molecule has 0 amide bonds. The average Bonchev–Trinajstić information content (AvgIpc) is 3.41. The highest BCUT2D eigenvalue weighted by atomic mass is 32.2. The van der Waals surface area contributed by atoms with E-state index < -0.39 is 31.8 Å². The Kier molecular flexibility index (Phi) is 9.69. The second-order valence-electron chi connectivity index (χ2n) is 10.8. The lowest BCUT2D eigenvalue weighted by Gasteiger charge is -2.38. The highest BCUT2D eigenvalue weighted by Gasteiger charge is 2.44. The first-order chi connectivity index (χ1) is 20.1. The molecule has 1 aromatic carbocycles. The second-order valence-corrected chi connectivity index (χ2v) is 14.6. The number of benzene rings is 1. The molecule has 5 rings (SSSR count). The fraction of sp³-hybridized carbons (Fsp3) is 0.593. The van der Waals surface area contributed by atoms with Crippen LogP contribution in [0.25, 0.3) is 0 Å². The molecule has 0 radical (unpaired) electrons. The number of rotatable bonds is 11. The molecule has 0 aliphatic carbocycles. The largest absolute Gasteiger partial charge is 0.491 e. The van der Waals surface area contributed by atoms with Crippen LogP contribution in [0.15, 0.2) is 52.4 Å². The summed E-state index contributed by atoms with van der Waals surface area (Å²) in [5, 5.41) is 13.7. The summed E-state index contributed by atoms with van der Waals surface area (Å²) in [5.74, 6) is 1.10. The maximum atomic E-state index is 13.3. The highest BCUT2D eigenvalue weighted by Crippen LogP contribution is 2.37. The highest BCUT2D eigenvalue weighted by molar-refractivity contribution is 7.89. The minimum atomic E-state index is -3.66. The number of pyridine rings is 1. The van der Waals surface area contributed by atoms with E-state index in [1.165, 1.54) is 29.7 Å². The second kappa shape index (κ2) is 13.1. The zero-order chi connectivity index (χ0) is 29.8.